The quantitative estimate of drug-likeness (QED) is 0.801. The monoisotopic (exact) mass is 373 g/mol. The predicted octanol–water partition coefficient (Wildman–Crippen LogP) is 3.81. The van der Waals surface area contributed by atoms with Crippen molar-refractivity contribution in [3.63, 3.8) is 0 Å². The molecule has 0 spiro atoms. The summed E-state index contributed by atoms with van der Waals surface area (Å²) in [5.41, 5.74) is 0.464. The van der Waals surface area contributed by atoms with Crippen molar-refractivity contribution in [2.75, 3.05) is 5.75 Å². The van der Waals surface area contributed by atoms with Gasteiger partial charge in [0, 0.05) is 23.9 Å². The molecule has 0 saturated carbocycles. The van der Waals surface area contributed by atoms with Gasteiger partial charge in [-0.3, -0.25) is 4.79 Å². The smallest absolute Gasteiger partial charge is 0.300 e. The third kappa shape index (κ3) is 3.95. The summed E-state index contributed by atoms with van der Waals surface area (Å²) in [6, 6.07) is 4.63. The molecule has 0 aliphatic rings. The Balaban J connectivity index is 2.72. The fraction of sp³-hybridized carbons (Fsp3) is 0.353. The Kier molecular flexibility index (Phi) is 5.13. The molecule has 1 aromatic carbocycles. The molecule has 2 rings (SSSR count). The van der Waals surface area contributed by atoms with E-state index in [4.69, 9.17) is 0 Å². The molecule has 2 aromatic rings. The minimum Gasteiger partial charge on any atom is -0.300 e. The minimum absolute atomic E-state index is 0.0519. The van der Waals surface area contributed by atoms with Crippen LogP contribution in [0, 0.1) is 6.92 Å². The first-order chi connectivity index (χ1) is 11.5. The number of aromatic nitrogens is 1. The minimum atomic E-state index is -4.51. The van der Waals surface area contributed by atoms with Gasteiger partial charge in [-0.05, 0) is 44.0 Å². The standard InChI is InChI=1S/C17H18F3NO3S/c1-4-25(23,24)21-10-16(15(12(21)3)8-11(2)22)13-6-5-7-14(9-13)17(18,19)20/h5-7,9-10H,4,8H2,1-3H3. The number of Topliss-reactive ketones (excluding diaryl/α,β-unsaturated/α-hetero) is 1. The first kappa shape index (κ1) is 19.2. The van der Waals surface area contributed by atoms with Crippen LogP contribution in [0.4, 0.5) is 13.2 Å². The number of carbonyl (C=O) groups is 1. The van der Waals surface area contributed by atoms with Gasteiger partial charge in [0.05, 0.1) is 11.3 Å². The van der Waals surface area contributed by atoms with Gasteiger partial charge < -0.3 is 0 Å². The summed E-state index contributed by atoms with van der Waals surface area (Å²) >= 11 is 0. The van der Waals surface area contributed by atoms with E-state index in [-0.39, 0.29) is 23.5 Å². The van der Waals surface area contributed by atoms with Crippen LogP contribution < -0.4 is 0 Å². The van der Waals surface area contributed by atoms with Crippen LogP contribution in [0.25, 0.3) is 11.1 Å². The molecule has 0 unspecified atom stereocenters. The number of alkyl halides is 3. The Labute approximate surface area is 144 Å². The molecule has 0 saturated heterocycles. The summed E-state index contributed by atoms with van der Waals surface area (Å²) in [5.74, 6) is -0.368. The lowest BCUT2D eigenvalue weighted by atomic mass is 9.98. The van der Waals surface area contributed by atoms with E-state index in [9.17, 15) is 26.4 Å². The number of benzene rings is 1. The molecule has 8 heteroatoms. The Bertz CT molecular complexity index is 912. The molecule has 136 valence electrons. The van der Waals surface area contributed by atoms with Crippen molar-refractivity contribution < 1.29 is 26.4 Å². The number of hydrogen-bond donors (Lipinski definition) is 0. The molecule has 0 atom stereocenters. The van der Waals surface area contributed by atoms with Crippen molar-refractivity contribution in [3.05, 3.63) is 47.3 Å². The van der Waals surface area contributed by atoms with Gasteiger partial charge in [0.15, 0.2) is 0 Å². The molecule has 0 aliphatic heterocycles. The van der Waals surface area contributed by atoms with E-state index in [0.29, 0.717) is 16.8 Å². The zero-order valence-corrected chi connectivity index (χ0v) is 14.8. The number of ketones is 1. The summed E-state index contributed by atoms with van der Waals surface area (Å²) in [6.07, 6.45) is -3.27. The van der Waals surface area contributed by atoms with Crippen molar-refractivity contribution in [1.29, 1.82) is 0 Å². The highest BCUT2D eigenvalue weighted by Gasteiger charge is 2.31. The molecule has 0 amide bonds. The predicted molar refractivity (Wildman–Crippen MR) is 88.9 cm³/mol. The highest BCUT2D eigenvalue weighted by Crippen LogP contribution is 2.35. The maximum atomic E-state index is 13.0. The summed E-state index contributed by atoms with van der Waals surface area (Å²) in [6.45, 7) is 4.37. The Morgan fingerprint density at radius 3 is 2.40 bits per heavy atom. The molecule has 0 radical (unpaired) electrons. The lowest BCUT2D eigenvalue weighted by Gasteiger charge is -2.09. The summed E-state index contributed by atoms with van der Waals surface area (Å²) in [5, 5.41) is 0. The van der Waals surface area contributed by atoms with Gasteiger partial charge >= 0.3 is 6.18 Å². The zero-order valence-electron chi connectivity index (χ0n) is 14.0. The van der Waals surface area contributed by atoms with E-state index in [1.165, 1.54) is 32.2 Å². The van der Waals surface area contributed by atoms with Gasteiger partial charge in [-0.25, -0.2) is 12.4 Å². The van der Waals surface area contributed by atoms with Crippen LogP contribution in [0.15, 0.2) is 30.5 Å². The van der Waals surface area contributed by atoms with Gasteiger partial charge in [-0.15, -0.1) is 0 Å². The van der Waals surface area contributed by atoms with Gasteiger partial charge in [-0.1, -0.05) is 12.1 Å². The highest BCUT2D eigenvalue weighted by molar-refractivity contribution is 7.89. The molecule has 0 bridgehead atoms. The zero-order chi connectivity index (χ0) is 19.0. The highest BCUT2D eigenvalue weighted by atomic mass is 32.2. The summed E-state index contributed by atoms with van der Waals surface area (Å²) in [4.78, 5) is 11.6. The maximum absolute atomic E-state index is 13.0. The Morgan fingerprint density at radius 2 is 1.88 bits per heavy atom. The number of halogens is 3. The van der Waals surface area contributed by atoms with Crippen LogP contribution in [-0.4, -0.2) is 23.9 Å². The molecule has 25 heavy (non-hydrogen) atoms. The average Bonchev–Trinajstić information content (AvgIpc) is 2.84. The van der Waals surface area contributed by atoms with Crippen molar-refractivity contribution in [2.24, 2.45) is 0 Å². The van der Waals surface area contributed by atoms with E-state index in [1.54, 1.807) is 6.92 Å². The number of nitrogens with zero attached hydrogens (tertiary/aromatic N) is 1. The molecule has 1 aromatic heterocycles. The van der Waals surface area contributed by atoms with Crippen molar-refractivity contribution in [3.8, 4) is 11.1 Å². The van der Waals surface area contributed by atoms with Crippen LogP contribution in [0.2, 0.25) is 0 Å². The Morgan fingerprint density at radius 1 is 1.24 bits per heavy atom. The van der Waals surface area contributed by atoms with Crippen molar-refractivity contribution in [2.45, 2.75) is 33.4 Å². The van der Waals surface area contributed by atoms with Crippen LogP contribution in [-0.2, 0) is 27.4 Å². The van der Waals surface area contributed by atoms with E-state index in [2.05, 4.69) is 0 Å². The van der Waals surface area contributed by atoms with E-state index < -0.39 is 21.8 Å². The second-order valence-corrected chi connectivity index (χ2v) is 7.90. The first-order valence-electron chi connectivity index (χ1n) is 7.58. The molecule has 0 N–H and O–H groups in total. The third-order valence-corrected chi connectivity index (χ3v) is 5.64. The van der Waals surface area contributed by atoms with Crippen molar-refractivity contribution in [1.82, 2.24) is 3.97 Å². The number of hydrogen-bond acceptors (Lipinski definition) is 3. The molecule has 0 fully saturated rings. The SMILES string of the molecule is CCS(=O)(=O)n1cc(-c2cccc(C(F)(F)F)c2)c(CC(C)=O)c1C. The van der Waals surface area contributed by atoms with E-state index in [0.717, 1.165) is 16.1 Å². The lowest BCUT2D eigenvalue weighted by Crippen LogP contribution is -2.15. The molecule has 0 aliphatic carbocycles. The van der Waals surface area contributed by atoms with Gasteiger partial charge in [0.2, 0.25) is 10.0 Å². The van der Waals surface area contributed by atoms with Gasteiger partial charge in [0.25, 0.3) is 0 Å². The van der Waals surface area contributed by atoms with Crippen molar-refractivity contribution >= 4 is 15.8 Å². The third-order valence-electron chi connectivity index (χ3n) is 3.93. The largest absolute Gasteiger partial charge is 0.416 e. The fourth-order valence-corrected chi connectivity index (χ4v) is 3.70. The number of carbonyl (C=O) groups excluding carboxylic acids is 1. The molecule has 4 nitrogen and oxygen atoms in total. The second kappa shape index (κ2) is 6.67. The molecular weight excluding hydrogens is 355 g/mol. The van der Waals surface area contributed by atoms with Crippen LogP contribution in [0.5, 0.6) is 0 Å². The summed E-state index contributed by atoms with van der Waals surface area (Å²) in [7, 11) is -3.63. The van der Waals surface area contributed by atoms with Gasteiger partial charge in [-0.2, -0.15) is 13.2 Å². The Hall–Kier alpha value is -2.09. The second-order valence-electron chi connectivity index (χ2n) is 5.76. The maximum Gasteiger partial charge on any atom is 0.416 e. The van der Waals surface area contributed by atoms with Gasteiger partial charge in [0.1, 0.15) is 5.78 Å². The van der Waals surface area contributed by atoms with E-state index >= 15 is 0 Å². The average molecular weight is 373 g/mol. The first-order valence-corrected chi connectivity index (χ1v) is 9.19. The topological polar surface area (TPSA) is 56.1 Å². The van der Waals surface area contributed by atoms with Crippen LogP contribution >= 0.6 is 0 Å². The molecule has 1 heterocycles. The normalized spacial score (nSPS) is 12.4. The number of rotatable bonds is 5. The lowest BCUT2D eigenvalue weighted by molar-refractivity contribution is -0.137. The summed E-state index contributed by atoms with van der Waals surface area (Å²) < 4.78 is 64.4. The van der Waals surface area contributed by atoms with Crippen LogP contribution in [0.1, 0.15) is 30.7 Å². The van der Waals surface area contributed by atoms with Crippen LogP contribution in [0.3, 0.4) is 0 Å². The molecular formula is C17H18F3NO3S. The fourth-order valence-electron chi connectivity index (χ4n) is 2.63. The van der Waals surface area contributed by atoms with E-state index in [1.807, 2.05) is 0 Å².